The molecule has 1 N–H and O–H groups in total. The monoisotopic (exact) mass is 364 g/mol. The minimum Gasteiger partial charge on any atom is -0.321 e. The van der Waals surface area contributed by atoms with Crippen molar-refractivity contribution in [3.05, 3.63) is 67.8 Å². The Morgan fingerprint density at radius 3 is 2.75 bits per heavy atom. The first-order chi connectivity index (χ1) is 11.4. The maximum atomic E-state index is 13.3. The molecule has 3 aromatic rings. The topological polar surface area (TPSA) is 72.2 Å². The van der Waals surface area contributed by atoms with Gasteiger partial charge in [0.05, 0.1) is 15.6 Å². The number of carbonyl (C=O) groups is 1. The molecule has 0 radical (unpaired) electrons. The number of aryl methyl sites for hydroxylation is 1. The molecule has 5 nitrogen and oxygen atoms in total. The van der Waals surface area contributed by atoms with Crippen LogP contribution in [0.15, 0.2) is 36.4 Å². The number of benzene rings is 2. The molecule has 1 amide bonds. The number of carbonyl (C=O) groups excluding carboxylic acids is 1. The van der Waals surface area contributed by atoms with Gasteiger partial charge in [0, 0.05) is 22.2 Å². The number of anilines is 1. The average molecular weight is 365 g/mol. The van der Waals surface area contributed by atoms with E-state index in [0.717, 1.165) is 11.3 Å². The maximum Gasteiger partial charge on any atom is 0.271 e. The fourth-order valence-electron chi connectivity index (χ4n) is 2.22. The number of nitro groups is 1. The average Bonchev–Trinajstić information content (AvgIpc) is 2.85. The molecular formula is C16H10ClFN2O3S. The third-order valence-corrected chi connectivity index (χ3v) is 5.13. The predicted molar refractivity (Wildman–Crippen MR) is 92.6 cm³/mol. The first-order valence-electron chi connectivity index (χ1n) is 6.81. The highest BCUT2D eigenvalue weighted by atomic mass is 35.5. The van der Waals surface area contributed by atoms with E-state index in [1.54, 1.807) is 13.0 Å². The molecule has 0 fully saturated rings. The lowest BCUT2D eigenvalue weighted by Crippen LogP contribution is -2.11. The SMILES string of the molecule is Cc1ccc([N+](=O)[O-])cc1NC(=O)c1sc2cc(F)ccc2c1Cl. The smallest absolute Gasteiger partial charge is 0.271 e. The van der Waals surface area contributed by atoms with Gasteiger partial charge in [0.2, 0.25) is 0 Å². The van der Waals surface area contributed by atoms with Crippen LogP contribution in [0.4, 0.5) is 15.8 Å². The number of halogens is 2. The van der Waals surface area contributed by atoms with E-state index in [0.29, 0.717) is 21.3 Å². The highest BCUT2D eigenvalue weighted by Crippen LogP contribution is 2.36. The van der Waals surface area contributed by atoms with Crippen LogP contribution in [-0.2, 0) is 0 Å². The third kappa shape index (κ3) is 2.95. The van der Waals surface area contributed by atoms with Crippen LogP contribution in [-0.4, -0.2) is 10.8 Å². The van der Waals surface area contributed by atoms with E-state index in [2.05, 4.69) is 5.32 Å². The predicted octanol–water partition coefficient (Wildman–Crippen LogP) is 5.16. The van der Waals surface area contributed by atoms with Crippen LogP contribution in [0.3, 0.4) is 0 Å². The molecule has 1 heterocycles. The van der Waals surface area contributed by atoms with E-state index in [9.17, 15) is 19.3 Å². The fourth-order valence-corrected chi connectivity index (χ4v) is 3.66. The molecule has 24 heavy (non-hydrogen) atoms. The van der Waals surface area contributed by atoms with Crippen molar-refractivity contribution in [3.63, 3.8) is 0 Å². The van der Waals surface area contributed by atoms with Crippen molar-refractivity contribution in [1.29, 1.82) is 0 Å². The van der Waals surface area contributed by atoms with E-state index in [1.807, 2.05) is 0 Å². The molecule has 0 aliphatic heterocycles. The summed E-state index contributed by atoms with van der Waals surface area (Å²) in [6.07, 6.45) is 0. The molecule has 0 spiro atoms. The number of hydrogen-bond donors (Lipinski definition) is 1. The summed E-state index contributed by atoms with van der Waals surface area (Å²) < 4.78 is 13.9. The van der Waals surface area contributed by atoms with Gasteiger partial charge in [0.1, 0.15) is 10.7 Å². The lowest BCUT2D eigenvalue weighted by molar-refractivity contribution is -0.384. The molecule has 0 saturated heterocycles. The van der Waals surface area contributed by atoms with Crippen molar-refractivity contribution in [3.8, 4) is 0 Å². The summed E-state index contributed by atoms with van der Waals surface area (Å²) in [6.45, 7) is 1.72. The van der Waals surface area contributed by atoms with E-state index < -0.39 is 16.6 Å². The van der Waals surface area contributed by atoms with E-state index >= 15 is 0 Å². The third-order valence-electron chi connectivity index (χ3n) is 3.48. The van der Waals surface area contributed by atoms with Crippen molar-refractivity contribution in [2.45, 2.75) is 6.92 Å². The summed E-state index contributed by atoms with van der Waals surface area (Å²) in [4.78, 5) is 23.0. The highest BCUT2D eigenvalue weighted by Gasteiger charge is 2.19. The lowest BCUT2D eigenvalue weighted by atomic mass is 10.1. The van der Waals surface area contributed by atoms with Crippen LogP contribution >= 0.6 is 22.9 Å². The number of rotatable bonds is 3. The Hall–Kier alpha value is -2.51. The summed E-state index contributed by atoms with van der Waals surface area (Å²) in [5, 5.41) is 14.3. The second-order valence-electron chi connectivity index (χ2n) is 5.10. The molecule has 2 aromatic carbocycles. The largest absolute Gasteiger partial charge is 0.321 e. The van der Waals surface area contributed by atoms with Gasteiger partial charge in [-0.05, 0) is 30.7 Å². The van der Waals surface area contributed by atoms with Gasteiger partial charge in [-0.3, -0.25) is 14.9 Å². The summed E-state index contributed by atoms with van der Waals surface area (Å²) in [5.74, 6) is -0.910. The lowest BCUT2D eigenvalue weighted by Gasteiger charge is -2.07. The molecular weight excluding hydrogens is 355 g/mol. The van der Waals surface area contributed by atoms with Crippen LogP contribution in [0.25, 0.3) is 10.1 Å². The number of nitrogens with zero attached hydrogens (tertiary/aromatic N) is 1. The first-order valence-corrected chi connectivity index (χ1v) is 8.00. The van der Waals surface area contributed by atoms with Gasteiger partial charge >= 0.3 is 0 Å². The van der Waals surface area contributed by atoms with Crippen molar-refractivity contribution in [2.75, 3.05) is 5.32 Å². The summed E-state index contributed by atoms with van der Waals surface area (Å²) in [6, 6.07) is 8.29. The van der Waals surface area contributed by atoms with Gasteiger partial charge in [-0.25, -0.2) is 4.39 Å². The molecule has 0 unspecified atom stereocenters. The number of nitro benzene ring substituents is 1. The van der Waals surface area contributed by atoms with Crippen molar-refractivity contribution < 1.29 is 14.1 Å². The Balaban J connectivity index is 1.97. The number of amides is 1. The Kier molecular flexibility index (Phi) is 4.21. The highest BCUT2D eigenvalue weighted by molar-refractivity contribution is 7.21. The summed E-state index contributed by atoms with van der Waals surface area (Å²) in [5.41, 5.74) is 0.881. The molecule has 0 bridgehead atoms. The summed E-state index contributed by atoms with van der Waals surface area (Å²) >= 11 is 7.27. The molecule has 0 aliphatic rings. The van der Waals surface area contributed by atoms with Crippen LogP contribution < -0.4 is 5.32 Å². The second-order valence-corrected chi connectivity index (χ2v) is 6.53. The Morgan fingerprint density at radius 1 is 1.29 bits per heavy atom. The van der Waals surface area contributed by atoms with Crippen molar-refractivity contribution in [1.82, 2.24) is 0 Å². The van der Waals surface area contributed by atoms with Gasteiger partial charge < -0.3 is 5.32 Å². The molecule has 122 valence electrons. The normalized spacial score (nSPS) is 10.8. The van der Waals surface area contributed by atoms with Crippen LogP contribution in [0, 0.1) is 22.9 Å². The zero-order chi connectivity index (χ0) is 17.4. The van der Waals surface area contributed by atoms with Gasteiger partial charge in [-0.1, -0.05) is 17.7 Å². The fraction of sp³-hybridized carbons (Fsp3) is 0.0625. The van der Waals surface area contributed by atoms with E-state index in [1.165, 1.54) is 30.3 Å². The van der Waals surface area contributed by atoms with Crippen molar-refractivity contribution in [2.24, 2.45) is 0 Å². The van der Waals surface area contributed by atoms with E-state index in [4.69, 9.17) is 11.6 Å². The van der Waals surface area contributed by atoms with Crippen LogP contribution in [0.1, 0.15) is 15.2 Å². The van der Waals surface area contributed by atoms with E-state index in [-0.39, 0.29) is 15.6 Å². The minimum absolute atomic E-state index is 0.125. The number of thiophene rings is 1. The molecule has 3 rings (SSSR count). The molecule has 0 aliphatic carbocycles. The van der Waals surface area contributed by atoms with Gasteiger partial charge in [-0.15, -0.1) is 11.3 Å². The Morgan fingerprint density at radius 2 is 2.04 bits per heavy atom. The number of non-ortho nitro benzene ring substituents is 1. The quantitative estimate of drug-likeness (QED) is 0.515. The van der Waals surface area contributed by atoms with Crippen LogP contribution in [0.2, 0.25) is 5.02 Å². The van der Waals surface area contributed by atoms with Crippen molar-refractivity contribution >= 4 is 50.3 Å². The molecule has 1 aromatic heterocycles. The number of fused-ring (bicyclic) bond motifs is 1. The Bertz CT molecular complexity index is 987. The van der Waals surface area contributed by atoms with Crippen LogP contribution in [0.5, 0.6) is 0 Å². The molecule has 0 atom stereocenters. The number of nitrogens with one attached hydrogen (secondary N) is 1. The standard InChI is InChI=1S/C16H10ClFN2O3S/c1-8-2-4-10(20(22)23)7-12(8)19-16(21)15-14(17)11-5-3-9(18)6-13(11)24-15/h2-7H,1H3,(H,19,21). The van der Waals surface area contributed by atoms with Gasteiger partial charge in [0.15, 0.2) is 0 Å². The molecule has 0 saturated carbocycles. The summed E-state index contributed by atoms with van der Waals surface area (Å²) in [7, 11) is 0. The minimum atomic E-state index is -0.537. The first kappa shape index (κ1) is 16.4. The Labute approximate surface area is 144 Å². The second kappa shape index (κ2) is 6.18. The molecule has 8 heteroatoms. The maximum absolute atomic E-state index is 13.3. The zero-order valence-electron chi connectivity index (χ0n) is 12.3. The van der Waals surface area contributed by atoms with Gasteiger partial charge in [-0.2, -0.15) is 0 Å². The zero-order valence-corrected chi connectivity index (χ0v) is 13.9. The van der Waals surface area contributed by atoms with Gasteiger partial charge in [0.25, 0.3) is 11.6 Å². The number of hydrogen-bond acceptors (Lipinski definition) is 4.